The summed E-state index contributed by atoms with van der Waals surface area (Å²) in [6, 6.07) is 10.2. The fourth-order valence-electron chi connectivity index (χ4n) is 2.44. The van der Waals surface area contributed by atoms with Crippen molar-refractivity contribution in [3.05, 3.63) is 36.0 Å². The van der Waals surface area contributed by atoms with Crippen LogP contribution in [0.15, 0.2) is 30.3 Å². The van der Waals surface area contributed by atoms with Gasteiger partial charge in [0.1, 0.15) is 5.65 Å². The van der Waals surface area contributed by atoms with Gasteiger partial charge in [-0.3, -0.25) is 4.79 Å². The Labute approximate surface area is 92.9 Å². The first-order valence-corrected chi connectivity index (χ1v) is 5.22. The van der Waals surface area contributed by atoms with Gasteiger partial charge in [-0.15, -0.1) is 0 Å². The van der Waals surface area contributed by atoms with Gasteiger partial charge in [-0.2, -0.15) is 0 Å². The SMILES string of the molecule is Cn1c(C=O)cc2c3ccccc3n(C)c21. The van der Waals surface area contributed by atoms with Gasteiger partial charge in [0.2, 0.25) is 0 Å². The summed E-state index contributed by atoms with van der Waals surface area (Å²) in [6.45, 7) is 0. The molecule has 80 valence electrons. The van der Waals surface area contributed by atoms with Gasteiger partial charge in [-0.05, 0) is 12.1 Å². The number of nitrogens with zero attached hydrogens (tertiary/aromatic N) is 2. The summed E-state index contributed by atoms with van der Waals surface area (Å²) in [5, 5.41) is 2.34. The minimum absolute atomic E-state index is 0.714. The summed E-state index contributed by atoms with van der Waals surface area (Å²) in [5.74, 6) is 0. The number of para-hydroxylation sites is 1. The maximum absolute atomic E-state index is 10.9. The Hall–Kier alpha value is -2.03. The Kier molecular flexibility index (Phi) is 1.72. The minimum Gasteiger partial charge on any atom is -0.330 e. The summed E-state index contributed by atoms with van der Waals surface area (Å²) < 4.78 is 4.06. The highest BCUT2D eigenvalue weighted by Gasteiger charge is 2.13. The molecule has 3 nitrogen and oxygen atoms in total. The Morgan fingerprint density at radius 2 is 1.81 bits per heavy atom. The molecule has 1 aromatic carbocycles. The van der Waals surface area contributed by atoms with Crippen LogP contribution in [0, 0.1) is 0 Å². The molecule has 16 heavy (non-hydrogen) atoms. The zero-order valence-corrected chi connectivity index (χ0v) is 9.27. The normalized spacial score (nSPS) is 11.4. The molecule has 0 amide bonds. The lowest BCUT2D eigenvalue weighted by atomic mass is 10.2. The van der Waals surface area contributed by atoms with E-state index in [1.54, 1.807) is 0 Å². The zero-order valence-electron chi connectivity index (χ0n) is 9.27. The second-order valence-electron chi connectivity index (χ2n) is 4.06. The van der Waals surface area contributed by atoms with Gasteiger partial charge in [-0.25, -0.2) is 0 Å². The number of carbonyl (C=O) groups is 1. The molecule has 0 saturated heterocycles. The van der Waals surface area contributed by atoms with Crippen LogP contribution >= 0.6 is 0 Å². The van der Waals surface area contributed by atoms with E-state index in [1.165, 1.54) is 10.9 Å². The van der Waals surface area contributed by atoms with E-state index < -0.39 is 0 Å². The van der Waals surface area contributed by atoms with Gasteiger partial charge < -0.3 is 9.13 Å². The van der Waals surface area contributed by atoms with Gasteiger partial charge in [0.25, 0.3) is 0 Å². The molecule has 3 aromatic rings. The first-order chi connectivity index (χ1) is 7.74. The number of aromatic nitrogens is 2. The molecule has 0 aliphatic carbocycles. The molecule has 3 heteroatoms. The first-order valence-electron chi connectivity index (χ1n) is 5.22. The topological polar surface area (TPSA) is 26.9 Å². The standard InChI is InChI=1S/C13H12N2O/c1-14-9(8-16)7-11-10-5-3-4-6-12(10)15(2)13(11)14/h3-8H,1-2H3. The molecular weight excluding hydrogens is 200 g/mol. The van der Waals surface area contributed by atoms with Crippen molar-refractivity contribution in [3.63, 3.8) is 0 Å². The van der Waals surface area contributed by atoms with Gasteiger partial charge in [-0.1, -0.05) is 18.2 Å². The lowest BCUT2D eigenvalue weighted by molar-refractivity contribution is 0.111. The molecule has 0 atom stereocenters. The number of hydrogen-bond acceptors (Lipinski definition) is 1. The second kappa shape index (κ2) is 2.98. The van der Waals surface area contributed by atoms with Gasteiger partial charge in [0.15, 0.2) is 6.29 Å². The fraction of sp³-hybridized carbons (Fsp3) is 0.154. The number of aldehydes is 1. The molecule has 0 aliphatic heterocycles. The van der Waals surface area contributed by atoms with Crippen molar-refractivity contribution in [2.45, 2.75) is 0 Å². The lowest BCUT2D eigenvalue weighted by Gasteiger charge is -2.01. The number of carbonyl (C=O) groups excluding carboxylic acids is 1. The zero-order chi connectivity index (χ0) is 11.3. The summed E-state index contributed by atoms with van der Waals surface area (Å²) in [4.78, 5) is 10.9. The Bertz CT molecular complexity index is 703. The van der Waals surface area contributed by atoms with E-state index in [4.69, 9.17) is 0 Å². The summed E-state index contributed by atoms with van der Waals surface area (Å²) in [6.07, 6.45) is 0.898. The second-order valence-corrected chi connectivity index (χ2v) is 4.06. The fourth-order valence-corrected chi connectivity index (χ4v) is 2.44. The third kappa shape index (κ3) is 0.949. The average molecular weight is 212 g/mol. The summed E-state index contributed by atoms with van der Waals surface area (Å²) >= 11 is 0. The highest BCUT2D eigenvalue weighted by Crippen LogP contribution is 2.29. The van der Waals surface area contributed by atoms with Crippen molar-refractivity contribution in [2.75, 3.05) is 0 Å². The Morgan fingerprint density at radius 1 is 1.06 bits per heavy atom. The molecule has 2 aromatic heterocycles. The molecular formula is C13H12N2O. The molecule has 0 radical (unpaired) electrons. The maximum atomic E-state index is 10.9. The van der Waals surface area contributed by atoms with Crippen molar-refractivity contribution in [2.24, 2.45) is 14.1 Å². The molecule has 0 N–H and O–H groups in total. The van der Waals surface area contributed by atoms with E-state index in [1.807, 2.05) is 36.9 Å². The van der Waals surface area contributed by atoms with E-state index in [0.717, 1.165) is 17.3 Å². The molecule has 0 spiro atoms. The van der Waals surface area contributed by atoms with Crippen molar-refractivity contribution in [1.82, 2.24) is 9.13 Å². The van der Waals surface area contributed by atoms with E-state index in [0.29, 0.717) is 5.69 Å². The van der Waals surface area contributed by atoms with Crippen LogP contribution in [0.3, 0.4) is 0 Å². The van der Waals surface area contributed by atoms with Crippen LogP contribution in [0.4, 0.5) is 0 Å². The minimum atomic E-state index is 0.714. The van der Waals surface area contributed by atoms with Crippen LogP contribution in [0.2, 0.25) is 0 Å². The summed E-state index contributed by atoms with van der Waals surface area (Å²) in [5.41, 5.74) is 3.00. The van der Waals surface area contributed by atoms with Crippen molar-refractivity contribution in [3.8, 4) is 0 Å². The largest absolute Gasteiger partial charge is 0.330 e. The maximum Gasteiger partial charge on any atom is 0.166 e. The van der Waals surface area contributed by atoms with Crippen LogP contribution in [-0.2, 0) is 14.1 Å². The smallest absolute Gasteiger partial charge is 0.166 e. The van der Waals surface area contributed by atoms with Gasteiger partial charge in [0.05, 0.1) is 11.2 Å². The van der Waals surface area contributed by atoms with E-state index in [-0.39, 0.29) is 0 Å². The van der Waals surface area contributed by atoms with Crippen molar-refractivity contribution >= 4 is 28.2 Å². The van der Waals surface area contributed by atoms with Gasteiger partial charge >= 0.3 is 0 Å². The average Bonchev–Trinajstić information content (AvgIpc) is 2.78. The predicted molar refractivity (Wildman–Crippen MR) is 64.8 cm³/mol. The van der Waals surface area contributed by atoms with Crippen LogP contribution in [-0.4, -0.2) is 15.4 Å². The van der Waals surface area contributed by atoms with E-state index in [9.17, 15) is 4.79 Å². The van der Waals surface area contributed by atoms with E-state index in [2.05, 4.69) is 16.7 Å². The monoisotopic (exact) mass is 212 g/mol. The van der Waals surface area contributed by atoms with Gasteiger partial charge in [0, 0.05) is 24.9 Å². The molecule has 0 bridgehead atoms. The number of aryl methyl sites for hydroxylation is 2. The number of fused-ring (bicyclic) bond motifs is 3. The highest BCUT2D eigenvalue weighted by atomic mass is 16.1. The summed E-state index contributed by atoms with van der Waals surface area (Å²) in [7, 11) is 3.95. The third-order valence-electron chi connectivity index (χ3n) is 3.23. The molecule has 3 rings (SSSR count). The Morgan fingerprint density at radius 3 is 2.56 bits per heavy atom. The first kappa shape index (κ1) is 9.21. The third-order valence-corrected chi connectivity index (χ3v) is 3.23. The van der Waals surface area contributed by atoms with E-state index >= 15 is 0 Å². The van der Waals surface area contributed by atoms with Crippen LogP contribution in [0.25, 0.3) is 21.9 Å². The molecule has 0 unspecified atom stereocenters. The number of hydrogen-bond donors (Lipinski definition) is 0. The lowest BCUT2D eigenvalue weighted by Crippen LogP contribution is -1.98. The Balaban J connectivity index is 2.61. The molecule has 0 fully saturated rings. The quantitative estimate of drug-likeness (QED) is 0.569. The number of rotatable bonds is 1. The number of benzene rings is 1. The molecule has 0 aliphatic rings. The van der Waals surface area contributed by atoms with Crippen molar-refractivity contribution in [1.29, 1.82) is 0 Å². The predicted octanol–water partition coefficient (Wildman–Crippen LogP) is 2.48. The van der Waals surface area contributed by atoms with Crippen LogP contribution in [0.5, 0.6) is 0 Å². The highest BCUT2D eigenvalue weighted by molar-refractivity contribution is 6.09. The van der Waals surface area contributed by atoms with Crippen LogP contribution < -0.4 is 0 Å². The molecule has 0 saturated carbocycles. The van der Waals surface area contributed by atoms with Crippen LogP contribution in [0.1, 0.15) is 10.5 Å². The molecule has 2 heterocycles. The van der Waals surface area contributed by atoms with Crippen molar-refractivity contribution < 1.29 is 4.79 Å².